The van der Waals surface area contributed by atoms with Crippen LogP contribution in [0.2, 0.25) is 0 Å². The van der Waals surface area contributed by atoms with Crippen LogP contribution in [-0.2, 0) is 11.2 Å². The number of aliphatic carboxylic acids is 1. The van der Waals surface area contributed by atoms with Crippen molar-refractivity contribution in [3.63, 3.8) is 0 Å². The highest BCUT2D eigenvalue weighted by Gasteiger charge is 2.07. The highest BCUT2D eigenvalue weighted by Crippen LogP contribution is 2.25. The largest absolute Gasteiger partial charge is 0.481 e. The molecule has 21 heavy (non-hydrogen) atoms. The van der Waals surface area contributed by atoms with Crippen LogP contribution in [0.4, 0.5) is 0 Å². The van der Waals surface area contributed by atoms with Crippen LogP contribution in [0.3, 0.4) is 0 Å². The maximum atomic E-state index is 10.6. The second-order valence-electron chi connectivity index (χ2n) is 5.11. The maximum Gasteiger partial charge on any atom is 0.303 e. The van der Waals surface area contributed by atoms with Crippen molar-refractivity contribution >= 4 is 27.8 Å². The van der Waals surface area contributed by atoms with Gasteiger partial charge in [0.2, 0.25) is 0 Å². The first-order valence-corrected chi connectivity index (χ1v) is 7.09. The third-order valence-electron chi connectivity index (χ3n) is 3.66. The smallest absolute Gasteiger partial charge is 0.303 e. The highest BCUT2D eigenvalue weighted by molar-refractivity contribution is 6.03. The minimum Gasteiger partial charge on any atom is -0.481 e. The molecule has 1 aromatic carbocycles. The van der Waals surface area contributed by atoms with E-state index >= 15 is 0 Å². The van der Waals surface area contributed by atoms with Gasteiger partial charge in [0.15, 0.2) is 0 Å². The summed E-state index contributed by atoms with van der Waals surface area (Å²) in [6, 6.07) is 10.1. The average Bonchev–Trinajstić information content (AvgIpc) is 2.51. The number of aromatic nitrogens is 2. The van der Waals surface area contributed by atoms with Gasteiger partial charge in [-0.25, -0.2) is 0 Å². The van der Waals surface area contributed by atoms with E-state index in [2.05, 4.69) is 22.1 Å². The van der Waals surface area contributed by atoms with Crippen molar-refractivity contribution < 1.29 is 9.90 Å². The van der Waals surface area contributed by atoms with Crippen molar-refractivity contribution in [1.82, 2.24) is 9.97 Å². The second kappa shape index (κ2) is 5.87. The lowest BCUT2D eigenvalue weighted by Crippen LogP contribution is -1.96. The van der Waals surface area contributed by atoms with Crippen LogP contribution in [0.25, 0.3) is 21.8 Å². The number of unbranched alkanes of at least 4 members (excludes halogenated alkanes) is 1. The van der Waals surface area contributed by atoms with Gasteiger partial charge < -0.3 is 5.11 Å². The first kappa shape index (κ1) is 13.5. The van der Waals surface area contributed by atoms with Gasteiger partial charge >= 0.3 is 5.97 Å². The van der Waals surface area contributed by atoms with E-state index in [9.17, 15) is 4.79 Å². The Morgan fingerprint density at radius 3 is 2.71 bits per heavy atom. The SMILES string of the molecule is O=C(O)CCCCc1ccnc2c1ccc1cccnc12. The van der Waals surface area contributed by atoms with Crippen LogP contribution in [0, 0.1) is 0 Å². The normalized spacial score (nSPS) is 11.0. The summed E-state index contributed by atoms with van der Waals surface area (Å²) >= 11 is 0. The Morgan fingerprint density at radius 2 is 1.86 bits per heavy atom. The molecule has 0 aliphatic rings. The van der Waals surface area contributed by atoms with Crippen molar-refractivity contribution in [2.24, 2.45) is 0 Å². The third-order valence-corrected chi connectivity index (χ3v) is 3.66. The van der Waals surface area contributed by atoms with E-state index < -0.39 is 5.97 Å². The van der Waals surface area contributed by atoms with Crippen molar-refractivity contribution in [2.75, 3.05) is 0 Å². The van der Waals surface area contributed by atoms with Gasteiger partial charge in [0, 0.05) is 29.6 Å². The van der Waals surface area contributed by atoms with Crippen LogP contribution in [0.5, 0.6) is 0 Å². The molecule has 0 bridgehead atoms. The fourth-order valence-corrected chi connectivity index (χ4v) is 2.62. The fourth-order valence-electron chi connectivity index (χ4n) is 2.62. The first-order valence-electron chi connectivity index (χ1n) is 7.09. The molecule has 1 N–H and O–H groups in total. The third kappa shape index (κ3) is 2.84. The minimum absolute atomic E-state index is 0.230. The number of nitrogens with zero attached hydrogens (tertiary/aromatic N) is 2. The monoisotopic (exact) mass is 280 g/mol. The van der Waals surface area contributed by atoms with Gasteiger partial charge in [0.1, 0.15) is 0 Å². The molecule has 0 amide bonds. The summed E-state index contributed by atoms with van der Waals surface area (Å²) in [5.74, 6) is -0.732. The summed E-state index contributed by atoms with van der Waals surface area (Å²) in [4.78, 5) is 19.5. The maximum absolute atomic E-state index is 10.6. The van der Waals surface area contributed by atoms with Crippen LogP contribution < -0.4 is 0 Å². The predicted octanol–water partition coefficient (Wildman–Crippen LogP) is 3.58. The number of hydrogen-bond donors (Lipinski definition) is 1. The van der Waals surface area contributed by atoms with Gasteiger partial charge in [-0.2, -0.15) is 0 Å². The topological polar surface area (TPSA) is 63.1 Å². The quantitative estimate of drug-likeness (QED) is 0.573. The Morgan fingerprint density at radius 1 is 1.00 bits per heavy atom. The number of carbonyl (C=O) groups is 1. The molecule has 0 saturated carbocycles. The van der Waals surface area contributed by atoms with Gasteiger partial charge in [-0.1, -0.05) is 18.2 Å². The molecule has 0 spiro atoms. The number of fused-ring (bicyclic) bond motifs is 3. The molecular formula is C17H16N2O2. The molecule has 0 saturated heterocycles. The zero-order valence-corrected chi connectivity index (χ0v) is 11.6. The van der Waals surface area contributed by atoms with Crippen LogP contribution in [0.1, 0.15) is 24.8 Å². The lowest BCUT2D eigenvalue weighted by Gasteiger charge is -2.07. The molecule has 0 aliphatic heterocycles. The molecule has 0 unspecified atom stereocenters. The fraction of sp³-hybridized carbons (Fsp3) is 0.235. The summed E-state index contributed by atoms with van der Waals surface area (Å²) in [5.41, 5.74) is 3.05. The Balaban J connectivity index is 1.93. The second-order valence-corrected chi connectivity index (χ2v) is 5.11. The summed E-state index contributed by atoms with van der Waals surface area (Å²) in [5, 5.41) is 10.9. The Hall–Kier alpha value is -2.49. The summed E-state index contributed by atoms with van der Waals surface area (Å²) in [6.45, 7) is 0. The minimum atomic E-state index is -0.732. The highest BCUT2D eigenvalue weighted by atomic mass is 16.4. The molecule has 0 fully saturated rings. The molecule has 4 nitrogen and oxygen atoms in total. The number of aryl methyl sites for hydroxylation is 1. The zero-order chi connectivity index (χ0) is 14.7. The molecular weight excluding hydrogens is 264 g/mol. The number of pyridine rings is 2. The summed E-state index contributed by atoms with van der Waals surface area (Å²) in [7, 11) is 0. The Labute approximate surface area is 122 Å². The molecule has 2 heterocycles. The van der Waals surface area contributed by atoms with Gasteiger partial charge in [0.25, 0.3) is 0 Å². The number of carboxylic acids is 1. The van der Waals surface area contributed by atoms with E-state index in [1.807, 2.05) is 24.4 Å². The number of rotatable bonds is 5. The van der Waals surface area contributed by atoms with Crippen LogP contribution in [0.15, 0.2) is 42.7 Å². The van der Waals surface area contributed by atoms with Crippen molar-refractivity contribution in [3.05, 3.63) is 48.3 Å². The van der Waals surface area contributed by atoms with Gasteiger partial charge in [-0.15, -0.1) is 0 Å². The zero-order valence-electron chi connectivity index (χ0n) is 11.6. The van der Waals surface area contributed by atoms with E-state index in [0.717, 1.165) is 34.6 Å². The van der Waals surface area contributed by atoms with Gasteiger partial charge in [-0.3, -0.25) is 14.8 Å². The lowest BCUT2D eigenvalue weighted by molar-refractivity contribution is -0.137. The number of carboxylic acid groups (broad SMARTS) is 1. The molecule has 3 rings (SSSR count). The molecule has 106 valence electrons. The van der Waals surface area contributed by atoms with Crippen molar-refractivity contribution in [2.45, 2.75) is 25.7 Å². The molecule has 0 radical (unpaired) electrons. The Bertz CT molecular complexity index is 799. The van der Waals surface area contributed by atoms with E-state index in [1.54, 1.807) is 6.20 Å². The van der Waals surface area contributed by atoms with E-state index in [1.165, 1.54) is 5.56 Å². The molecule has 2 aromatic heterocycles. The molecule has 3 aromatic rings. The van der Waals surface area contributed by atoms with Crippen LogP contribution >= 0.6 is 0 Å². The van der Waals surface area contributed by atoms with E-state index in [4.69, 9.17) is 5.11 Å². The molecule has 0 atom stereocenters. The van der Waals surface area contributed by atoms with E-state index in [-0.39, 0.29) is 6.42 Å². The Kier molecular flexibility index (Phi) is 3.77. The van der Waals surface area contributed by atoms with E-state index in [0.29, 0.717) is 6.42 Å². The predicted molar refractivity (Wildman–Crippen MR) is 82.2 cm³/mol. The number of hydrogen-bond acceptors (Lipinski definition) is 3. The summed E-state index contributed by atoms with van der Waals surface area (Å²) in [6.07, 6.45) is 6.25. The average molecular weight is 280 g/mol. The summed E-state index contributed by atoms with van der Waals surface area (Å²) < 4.78 is 0. The van der Waals surface area contributed by atoms with Crippen molar-refractivity contribution in [3.8, 4) is 0 Å². The van der Waals surface area contributed by atoms with Crippen LogP contribution in [-0.4, -0.2) is 21.0 Å². The number of benzene rings is 1. The van der Waals surface area contributed by atoms with Crippen molar-refractivity contribution in [1.29, 1.82) is 0 Å². The first-order chi connectivity index (χ1) is 10.3. The molecule has 0 aliphatic carbocycles. The van der Waals surface area contributed by atoms with Gasteiger partial charge in [-0.05, 0) is 37.0 Å². The standard InChI is InChI=1S/C17H16N2O2/c20-15(21)6-2-1-4-12-9-11-19-17-14(12)8-7-13-5-3-10-18-16(13)17/h3,5,7-11H,1-2,4,6H2,(H,20,21). The molecule has 4 heteroatoms. The lowest BCUT2D eigenvalue weighted by atomic mass is 10.0. The van der Waals surface area contributed by atoms with Gasteiger partial charge in [0.05, 0.1) is 11.0 Å².